The Morgan fingerprint density at radius 2 is 2.04 bits per heavy atom. The van der Waals surface area contributed by atoms with Crippen LogP contribution in [0.1, 0.15) is 40.0 Å². The smallest absolute Gasteiger partial charge is 0.263 e. The second-order valence-electron chi connectivity index (χ2n) is 5.94. The topological polar surface area (TPSA) is 52.0 Å². The molecule has 0 aliphatic rings. The average Bonchev–Trinajstić information content (AvgIpc) is 3.09. The van der Waals surface area contributed by atoms with Crippen molar-refractivity contribution in [3.63, 3.8) is 0 Å². The number of aryl methyl sites for hydroxylation is 2. The Balaban J connectivity index is 1.99. The molecule has 0 atom stereocenters. The number of carbonyl (C=O) groups excluding carboxylic acids is 1. The highest BCUT2D eigenvalue weighted by atomic mass is 35.5. The van der Waals surface area contributed by atoms with Gasteiger partial charge >= 0.3 is 0 Å². The molecule has 0 aromatic carbocycles. The molecule has 8 heteroatoms. The molecular weight excluding hydrogens is 396 g/mol. The molecule has 0 radical (unpaired) electrons. The van der Waals surface area contributed by atoms with Crippen LogP contribution in [0.4, 0.5) is 0 Å². The third kappa shape index (κ3) is 3.56. The SMILES string of the molecule is Cc1sc2nc(SCC(=O)c3ccc(Cl)s3)n(C(C)C)c(=O)c2c1C. The lowest BCUT2D eigenvalue weighted by molar-refractivity contribution is 0.102. The molecule has 3 aromatic heterocycles. The van der Waals surface area contributed by atoms with Gasteiger partial charge in [0, 0.05) is 10.9 Å². The predicted octanol–water partition coefficient (Wildman–Crippen LogP) is 5.35. The summed E-state index contributed by atoms with van der Waals surface area (Å²) in [6.07, 6.45) is 0. The highest BCUT2D eigenvalue weighted by Gasteiger charge is 2.19. The van der Waals surface area contributed by atoms with Crippen LogP contribution in [-0.4, -0.2) is 21.1 Å². The van der Waals surface area contributed by atoms with E-state index in [-0.39, 0.29) is 23.1 Å². The Hall–Kier alpha value is -1.15. The molecule has 0 saturated carbocycles. The standard InChI is InChI=1S/C17H17ClN2O2S3/c1-8(2)20-16(22)14-9(3)10(4)24-15(14)19-17(20)23-7-11(21)12-5-6-13(18)25-12/h5-6,8H,7H2,1-4H3. The molecule has 25 heavy (non-hydrogen) atoms. The number of aromatic nitrogens is 2. The van der Waals surface area contributed by atoms with E-state index in [1.807, 2.05) is 27.7 Å². The average molecular weight is 413 g/mol. The van der Waals surface area contributed by atoms with E-state index in [1.165, 1.54) is 34.4 Å². The Bertz CT molecular complexity index is 1020. The van der Waals surface area contributed by atoms with Crippen molar-refractivity contribution in [1.29, 1.82) is 0 Å². The van der Waals surface area contributed by atoms with E-state index in [0.717, 1.165) is 15.3 Å². The molecule has 0 unspecified atom stereocenters. The summed E-state index contributed by atoms with van der Waals surface area (Å²) in [7, 11) is 0. The van der Waals surface area contributed by atoms with Gasteiger partial charge in [0.1, 0.15) is 4.83 Å². The molecule has 0 saturated heterocycles. The van der Waals surface area contributed by atoms with E-state index in [1.54, 1.807) is 16.7 Å². The minimum atomic E-state index is -0.0315. The van der Waals surface area contributed by atoms with E-state index in [9.17, 15) is 9.59 Å². The van der Waals surface area contributed by atoms with Crippen LogP contribution in [0.15, 0.2) is 22.1 Å². The zero-order chi connectivity index (χ0) is 18.3. The van der Waals surface area contributed by atoms with Gasteiger partial charge in [0.15, 0.2) is 10.9 Å². The minimum absolute atomic E-state index is 0.00917. The van der Waals surface area contributed by atoms with Crippen LogP contribution in [0.2, 0.25) is 4.34 Å². The number of ketones is 1. The molecular formula is C17H17ClN2O2S3. The van der Waals surface area contributed by atoms with E-state index in [0.29, 0.717) is 19.8 Å². The fraction of sp³-hybridized carbons (Fsp3) is 0.353. The quantitative estimate of drug-likeness (QED) is 0.322. The summed E-state index contributed by atoms with van der Waals surface area (Å²) in [6, 6.07) is 3.42. The van der Waals surface area contributed by atoms with Gasteiger partial charge in [-0.25, -0.2) is 4.98 Å². The Morgan fingerprint density at radius 1 is 1.32 bits per heavy atom. The number of thioether (sulfide) groups is 1. The summed E-state index contributed by atoms with van der Waals surface area (Å²) in [6.45, 7) is 7.86. The van der Waals surface area contributed by atoms with E-state index in [4.69, 9.17) is 11.6 Å². The third-order valence-electron chi connectivity index (χ3n) is 3.90. The molecule has 3 heterocycles. The zero-order valence-corrected chi connectivity index (χ0v) is 17.5. The van der Waals surface area contributed by atoms with Gasteiger partial charge in [-0.15, -0.1) is 22.7 Å². The first-order valence-corrected chi connectivity index (χ1v) is 10.7. The van der Waals surface area contributed by atoms with Gasteiger partial charge < -0.3 is 0 Å². The molecule has 3 rings (SSSR count). The van der Waals surface area contributed by atoms with Crippen LogP contribution in [-0.2, 0) is 0 Å². The highest BCUT2D eigenvalue weighted by Crippen LogP contribution is 2.30. The summed E-state index contributed by atoms with van der Waals surface area (Å²) >= 11 is 9.99. The van der Waals surface area contributed by atoms with Crippen molar-refractivity contribution in [1.82, 2.24) is 9.55 Å². The maximum atomic E-state index is 13.0. The summed E-state index contributed by atoms with van der Waals surface area (Å²) in [5.74, 6) is 0.218. The van der Waals surface area contributed by atoms with Gasteiger partial charge in [0.05, 0.1) is 20.4 Å². The van der Waals surface area contributed by atoms with Crippen molar-refractivity contribution >= 4 is 62.0 Å². The molecule has 0 aliphatic heterocycles. The Kier molecular flexibility index (Phi) is 5.39. The fourth-order valence-electron chi connectivity index (χ4n) is 2.51. The number of rotatable bonds is 5. The number of Topliss-reactive ketones (excluding diaryl/α,β-unsaturated/α-hetero) is 1. The van der Waals surface area contributed by atoms with Gasteiger partial charge in [-0.3, -0.25) is 14.2 Å². The molecule has 0 spiro atoms. The van der Waals surface area contributed by atoms with Gasteiger partial charge in [-0.2, -0.15) is 0 Å². The molecule has 0 bridgehead atoms. The number of thiophene rings is 2. The van der Waals surface area contributed by atoms with Crippen molar-refractivity contribution in [2.24, 2.45) is 0 Å². The monoisotopic (exact) mass is 412 g/mol. The summed E-state index contributed by atoms with van der Waals surface area (Å²) in [5.41, 5.74) is 0.962. The summed E-state index contributed by atoms with van der Waals surface area (Å²) in [4.78, 5) is 32.4. The largest absolute Gasteiger partial charge is 0.292 e. The number of hydrogen-bond acceptors (Lipinski definition) is 6. The lowest BCUT2D eigenvalue weighted by Gasteiger charge is -2.15. The number of halogens is 1. The normalized spacial score (nSPS) is 11.6. The molecule has 0 aliphatic carbocycles. The Labute approximate surface area is 162 Å². The second kappa shape index (κ2) is 7.23. The van der Waals surface area contributed by atoms with Crippen molar-refractivity contribution < 1.29 is 4.79 Å². The molecule has 0 fully saturated rings. The fourth-order valence-corrected chi connectivity index (χ4v) is 5.66. The van der Waals surface area contributed by atoms with Crippen molar-refractivity contribution in [3.8, 4) is 0 Å². The van der Waals surface area contributed by atoms with Crippen LogP contribution in [0.25, 0.3) is 10.2 Å². The first-order valence-electron chi connectivity index (χ1n) is 7.73. The minimum Gasteiger partial charge on any atom is -0.292 e. The van der Waals surface area contributed by atoms with Crippen molar-refractivity contribution in [3.05, 3.63) is 42.1 Å². The van der Waals surface area contributed by atoms with E-state index in [2.05, 4.69) is 4.98 Å². The van der Waals surface area contributed by atoms with Gasteiger partial charge in [0.25, 0.3) is 5.56 Å². The number of fused-ring (bicyclic) bond motifs is 1. The van der Waals surface area contributed by atoms with Crippen LogP contribution in [0, 0.1) is 13.8 Å². The lowest BCUT2D eigenvalue weighted by Crippen LogP contribution is -2.25. The first-order chi connectivity index (χ1) is 11.8. The van der Waals surface area contributed by atoms with E-state index >= 15 is 0 Å². The number of hydrogen-bond donors (Lipinski definition) is 0. The van der Waals surface area contributed by atoms with Crippen LogP contribution >= 0.6 is 46.0 Å². The maximum Gasteiger partial charge on any atom is 0.263 e. The third-order valence-corrected chi connectivity index (χ3v) is 7.23. The van der Waals surface area contributed by atoms with Gasteiger partial charge in [0.2, 0.25) is 0 Å². The number of nitrogens with zero attached hydrogens (tertiary/aromatic N) is 2. The summed E-state index contributed by atoms with van der Waals surface area (Å²) in [5, 5.41) is 1.28. The van der Waals surface area contributed by atoms with Crippen molar-refractivity contribution in [2.45, 2.75) is 38.9 Å². The molecule has 3 aromatic rings. The van der Waals surface area contributed by atoms with Gasteiger partial charge in [-0.05, 0) is 45.4 Å². The Morgan fingerprint density at radius 3 is 2.64 bits per heavy atom. The lowest BCUT2D eigenvalue weighted by atomic mass is 10.2. The van der Waals surface area contributed by atoms with Crippen LogP contribution < -0.4 is 5.56 Å². The van der Waals surface area contributed by atoms with E-state index < -0.39 is 0 Å². The maximum absolute atomic E-state index is 13.0. The number of carbonyl (C=O) groups is 1. The molecule has 0 N–H and O–H groups in total. The molecule has 132 valence electrons. The van der Waals surface area contributed by atoms with Crippen molar-refractivity contribution in [2.75, 3.05) is 5.75 Å². The highest BCUT2D eigenvalue weighted by molar-refractivity contribution is 7.99. The van der Waals surface area contributed by atoms with Gasteiger partial charge in [-0.1, -0.05) is 23.4 Å². The first kappa shape index (κ1) is 18.6. The van der Waals surface area contributed by atoms with Crippen LogP contribution in [0.5, 0.6) is 0 Å². The molecule has 4 nitrogen and oxygen atoms in total. The predicted molar refractivity (Wildman–Crippen MR) is 108 cm³/mol. The molecule has 0 amide bonds. The second-order valence-corrected chi connectivity index (χ2v) is 9.80. The zero-order valence-electron chi connectivity index (χ0n) is 14.3. The van der Waals surface area contributed by atoms with Crippen LogP contribution in [0.3, 0.4) is 0 Å². The summed E-state index contributed by atoms with van der Waals surface area (Å²) < 4.78 is 2.28.